The fourth-order valence-electron chi connectivity index (χ4n) is 3.67. The predicted molar refractivity (Wildman–Crippen MR) is 147 cm³/mol. The van der Waals surface area contributed by atoms with Gasteiger partial charge in [0.15, 0.2) is 0 Å². The van der Waals surface area contributed by atoms with E-state index in [4.69, 9.17) is 23.2 Å². The molecule has 3 aromatic carbocycles. The second-order valence-electron chi connectivity index (χ2n) is 8.23. The number of rotatable bonds is 12. The van der Waals surface area contributed by atoms with E-state index < -0.39 is 6.04 Å². The molecule has 35 heavy (non-hydrogen) atoms. The van der Waals surface area contributed by atoms with Gasteiger partial charge in [-0.15, -0.1) is 11.8 Å². The summed E-state index contributed by atoms with van der Waals surface area (Å²) in [6, 6.07) is 24.4. The van der Waals surface area contributed by atoms with Crippen molar-refractivity contribution in [3.63, 3.8) is 0 Å². The van der Waals surface area contributed by atoms with Gasteiger partial charge in [-0.3, -0.25) is 9.59 Å². The van der Waals surface area contributed by atoms with Crippen LogP contribution in [-0.4, -0.2) is 35.1 Å². The summed E-state index contributed by atoms with van der Waals surface area (Å²) in [5.74, 6) is 0.590. The Kier molecular flexibility index (Phi) is 11.0. The maximum Gasteiger partial charge on any atom is 0.243 e. The van der Waals surface area contributed by atoms with Crippen LogP contribution in [0.1, 0.15) is 30.0 Å². The van der Waals surface area contributed by atoms with Gasteiger partial charge in [0.1, 0.15) is 6.04 Å². The average Bonchev–Trinajstić information content (AvgIpc) is 2.87. The summed E-state index contributed by atoms with van der Waals surface area (Å²) < 4.78 is 0. The number of carbonyl (C=O) groups is 2. The van der Waals surface area contributed by atoms with E-state index in [0.717, 1.165) is 23.1 Å². The highest BCUT2D eigenvalue weighted by Crippen LogP contribution is 2.25. The van der Waals surface area contributed by atoms with Crippen LogP contribution >= 0.6 is 35.0 Å². The van der Waals surface area contributed by atoms with Crippen molar-refractivity contribution < 1.29 is 9.59 Å². The molecule has 2 amide bonds. The first-order valence-electron chi connectivity index (χ1n) is 11.6. The van der Waals surface area contributed by atoms with Crippen molar-refractivity contribution in [1.29, 1.82) is 0 Å². The molecule has 0 aliphatic heterocycles. The smallest absolute Gasteiger partial charge is 0.243 e. The molecule has 0 fully saturated rings. The Hall–Kier alpha value is -2.47. The van der Waals surface area contributed by atoms with E-state index in [1.54, 1.807) is 17.0 Å². The molecular weight excluding hydrogens is 499 g/mol. The van der Waals surface area contributed by atoms with E-state index >= 15 is 0 Å². The molecule has 0 heterocycles. The number of hydrogen-bond acceptors (Lipinski definition) is 3. The molecule has 1 atom stereocenters. The lowest BCUT2D eigenvalue weighted by atomic mass is 10.0. The van der Waals surface area contributed by atoms with Crippen LogP contribution in [0.25, 0.3) is 0 Å². The molecule has 0 aromatic heterocycles. The largest absolute Gasteiger partial charge is 0.354 e. The quantitative estimate of drug-likeness (QED) is 0.296. The van der Waals surface area contributed by atoms with Crippen LogP contribution in [0.5, 0.6) is 0 Å². The Balaban J connectivity index is 1.81. The zero-order valence-corrected chi connectivity index (χ0v) is 22.1. The molecule has 7 heteroatoms. The standard InChI is InChI=1S/C28H30Cl2N2O2S/c1-2-15-31-28(34)26(16-21-9-5-3-6-10-21)32(18-22-11-7-4-8-12-22)27(33)20-35-19-23-13-14-24(29)17-25(23)30/h3-14,17,26H,2,15-16,18-20H2,1H3,(H,31,34)/t26-/m1/s1. The fraction of sp³-hybridized carbons (Fsp3) is 0.286. The summed E-state index contributed by atoms with van der Waals surface area (Å²) in [7, 11) is 0. The van der Waals surface area contributed by atoms with E-state index in [-0.39, 0.29) is 17.6 Å². The van der Waals surface area contributed by atoms with Crippen molar-refractivity contribution in [3.05, 3.63) is 106 Å². The molecule has 0 saturated heterocycles. The first kappa shape index (κ1) is 27.1. The number of carbonyl (C=O) groups excluding carboxylic acids is 2. The molecule has 0 saturated carbocycles. The Morgan fingerprint density at radius 2 is 1.60 bits per heavy atom. The number of thioether (sulfide) groups is 1. The van der Waals surface area contributed by atoms with Gasteiger partial charge in [-0.25, -0.2) is 0 Å². The molecule has 3 aromatic rings. The molecule has 4 nitrogen and oxygen atoms in total. The van der Waals surface area contributed by atoms with Crippen LogP contribution in [0.3, 0.4) is 0 Å². The summed E-state index contributed by atoms with van der Waals surface area (Å²) in [5, 5.41) is 4.16. The molecule has 3 rings (SSSR count). The molecule has 184 valence electrons. The van der Waals surface area contributed by atoms with E-state index in [9.17, 15) is 9.59 Å². The Labute approximate surface area is 222 Å². The first-order valence-corrected chi connectivity index (χ1v) is 13.6. The Morgan fingerprint density at radius 3 is 2.23 bits per heavy atom. The highest BCUT2D eigenvalue weighted by atomic mass is 35.5. The van der Waals surface area contributed by atoms with Gasteiger partial charge in [-0.1, -0.05) is 96.9 Å². The van der Waals surface area contributed by atoms with Crippen LogP contribution in [0, 0.1) is 0 Å². The average molecular weight is 530 g/mol. The number of benzene rings is 3. The predicted octanol–water partition coefficient (Wildman–Crippen LogP) is 6.39. The van der Waals surface area contributed by atoms with Crippen molar-refractivity contribution in [1.82, 2.24) is 10.2 Å². The molecule has 1 N–H and O–H groups in total. The maximum absolute atomic E-state index is 13.6. The minimum Gasteiger partial charge on any atom is -0.354 e. The number of nitrogens with zero attached hydrogens (tertiary/aromatic N) is 1. The Morgan fingerprint density at radius 1 is 0.943 bits per heavy atom. The fourth-order valence-corrected chi connectivity index (χ4v) is 5.14. The van der Waals surface area contributed by atoms with Crippen LogP contribution in [-0.2, 0) is 28.3 Å². The number of hydrogen-bond donors (Lipinski definition) is 1. The third kappa shape index (κ3) is 8.60. The van der Waals surface area contributed by atoms with Crippen molar-refractivity contribution in [2.75, 3.05) is 12.3 Å². The molecule has 0 unspecified atom stereocenters. The minimum atomic E-state index is -0.614. The van der Waals surface area contributed by atoms with Crippen molar-refractivity contribution in [2.45, 2.75) is 38.1 Å². The van der Waals surface area contributed by atoms with E-state index in [1.165, 1.54) is 11.8 Å². The van der Waals surface area contributed by atoms with Crippen molar-refractivity contribution >= 4 is 46.8 Å². The van der Waals surface area contributed by atoms with Gasteiger partial charge >= 0.3 is 0 Å². The summed E-state index contributed by atoms with van der Waals surface area (Å²) >= 11 is 13.8. The summed E-state index contributed by atoms with van der Waals surface area (Å²) in [6.07, 6.45) is 1.27. The zero-order chi connectivity index (χ0) is 25.0. The second-order valence-corrected chi connectivity index (χ2v) is 10.1. The van der Waals surface area contributed by atoms with Gasteiger partial charge in [0.2, 0.25) is 11.8 Å². The third-order valence-corrected chi connectivity index (χ3v) is 7.07. The molecule has 0 radical (unpaired) electrons. The van der Waals surface area contributed by atoms with Crippen LogP contribution < -0.4 is 5.32 Å². The first-order chi connectivity index (χ1) is 17.0. The lowest BCUT2D eigenvalue weighted by Crippen LogP contribution is -2.51. The molecule has 0 spiro atoms. The Bertz CT molecular complexity index is 1100. The summed E-state index contributed by atoms with van der Waals surface area (Å²) in [6.45, 7) is 2.94. The normalized spacial score (nSPS) is 11.6. The molecule has 0 bridgehead atoms. The van der Waals surface area contributed by atoms with Gasteiger partial charge in [-0.2, -0.15) is 0 Å². The van der Waals surface area contributed by atoms with Crippen molar-refractivity contribution in [3.8, 4) is 0 Å². The highest BCUT2D eigenvalue weighted by Gasteiger charge is 2.30. The summed E-state index contributed by atoms with van der Waals surface area (Å²) in [4.78, 5) is 28.5. The minimum absolute atomic E-state index is 0.0866. The summed E-state index contributed by atoms with van der Waals surface area (Å²) in [5.41, 5.74) is 2.91. The second kappa shape index (κ2) is 14.2. The lowest BCUT2D eigenvalue weighted by molar-refractivity contribution is -0.139. The van der Waals surface area contributed by atoms with E-state index in [2.05, 4.69) is 5.32 Å². The van der Waals surface area contributed by atoms with E-state index in [1.807, 2.05) is 73.7 Å². The van der Waals surface area contributed by atoms with Crippen molar-refractivity contribution in [2.24, 2.45) is 0 Å². The van der Waals surface area contributed by atoms with Gasteiger partial charge in [0.25, 0.3) is 0 Å². The number of nitrogens with one attached hydrogen (secondary N) is 1. The molecule has 0 aliphatic rings. The highest BCUT2D eigenvalue weighted by molar-refractivity contribution is 7.99. The lowest BCUT2D eigenvalue weighted by Gasteiger charge is -2.31. The zero-order valence-electron chi connectivity index (χ0n) is 19.8. The maximum atomic E-state index is 13.6. The molecular formula is C28H30Cl2N2O2S. The van der Waals surface area contributed by atoms with Gasteiger partial charge < -0.3 is 10.2 Å². The van der Waals surface area contributed by atoms with Crippen LogP contribution in [0.15, 0.2) is 78.9 Å². The SMILES string of the molecule is CCCNC(=O)[C@@H](Cc1ccccc1)N(Cc1ccccc1)C(=O)CSCc1ccc(Cl)cc1Cl. The number of halogens is 2. The third-order valence-electron chi connectivity index (χ3n) is 5.51. The number of amides is 2. The van der Waals surface area contributed by atoms with Gasteiger partial charge in [0, 0.05) is 35.3 Å². The monoisotopic (exact) mass is 528 g/mol. The van der Waals surface area contributed by atoms with E-state index in [0.29, 0.717) is 35.3 Å². The van der Waals surface area contributed by atoms with Gasteiger partial charge in [-0.05, 0) is 35.2 Å². The molecule has 0 aliphatic carbocycles. The van der Waals surface area contributed by atoms with Gasteiger partial charge in [0.05, 0.1) is 5.75 Å². The van der Waals surface area contributed by atoms with Crippen LogP contribution in [0.2, 0.25) is 10.0 Å². The van der Waals surface area contributed by atoms with Crippen LogP contribution in [0.4, 0.5) is 0 Å². The topological polar surface area (TPSA) is 49.4 Å².